The molecule has 17 heavy (non-hydrogen) atoms. The van der Waals surface area contributed by atoms with Crippen LogP contribution in [0.1, 0.15) is 24.2 Å². The van der Waals surface area contributed by atoms with E-state index in [0.717, 1.165) is 6.07 Å². The molecule has 0 radical (unpaired) electrons. The number of rotatable bonds is 3. The number of carbonyl (C=O) groups is 1. The minimum absolute atomic E-state index is 0.00521. The average molecular weight is 240 g/mol. The maximum atomic E-state index is 13.2. The Morgan fingerprint density at radius 2 is 2.12 bits per heavy atom. The van der Waals surface area contributed by atoms with Crippen LogP contribution < -0.4 is 5.73 Å². The highest BCUT2D eigenvalue weighted by molar-refractivity contribution is 5.94. The van der Waals surface area contributed by atoms with Crippen molar-refractivity contribution in [3.05, 3.63) is 29.6 Å². The Labute approximate surface area is 99.8 Å². The van der Waals surface area contributed by atoms with Crippen LogP contribution in [0.2, 0.25) is 0 Å². The van der Waals surface area contributed by atoms with Crippen molar-refractivity contribution in [1.29, 1.82) is 0 Å². The van der Waals surface area contributed by atoms with Crippen LogP contribution in [-0.4, -0.2) is 35.1 Å². The third-order valence-corrected chi connectivity index (χ3v) is 2.85. The molecular weight excluding hydrogens is 223 g/mol. The lowest BCUT2D eigenvalue weighted by Gasteiger charge is -2.34. The van der Waals surface area contributed by atoms with E-state index >= 15 is 0 Å². The maximum Gasteiger partial charge on any atom is 0.254 e. The fourth-order valence-electron chi connectivity index (χ4n) is 1.23. The van der Waals surface area contributed by atoms with E-state index in [1.807, 2.05) is 0 Å². The van der Waals surface area contributed by atoms with E-state index in [0.29, 0.717) is 0 Å². The molecule has 0 heterocycles. The molecule has 0 saturated carbocycles. The summed E-state index contributed by atoms with van der Waals surface area (Å²) in [7, 11) is 1.56. The van der Waals surface area contributed by atoms with Crippen molar-refractivity contribution >= 4 is 11.6 Å². The minimum Gasteiger partial charge on any atom is -0.396 e. The molecule has 0 saturated heterocycles. The third-order valence-electron chi connectivity index (χ3n) is 2.85. The molecule has 0 aromatic heterocycles. The number of aliphatic hydroxyl groups excluding tert-OH is 1. The van der Waals surface area contributed by atoms with Crippen molar-refractivity contribution in [3.63, 3.8) is 0 Å². The van der Waals surface area contributed by atoms with Gasteiger partial charge in [-0.15, -0.1) is 0 Å². The molecule has 4 nitrogen and oxygen atoms in total. The molecule has 1 amide bonds. The van der Waals surface area contributed by atoms with Crippen LogP contribution in [0.25, 0.3) is 0 Å². The molecule has 5 heteroatoms. The van der Waals surface area contributed by atoms with Crippen molar-refractivity contribution < 1.29 is 14.3 Å². The van der Waals surface area contributed by atoms with E-state index in [-0.39, 0.29) is 23.8 Å². The van der Waals surface area contributed by atoms with Crippen LogP contribution in [0.3, 0.4) is 0 Å². The lowest BCUT2D eigenvalue weighted by atomic mass is 10.0. The summed E-state index contributed by atoms with van der Waals surface area (Å²) in [6.07, 6.45) is 0. The summed E-state index contributed by atoms with van der Waals surface area (Å²) < 4.78 is 13.2. The van der Waals surface area contributed by atoms with Gasteiger partial charge in [0.15, 0.2) is 0 Å². The zero-order valence-electron chi connectivity index (χ0n) is 10.2. The van der Waals surface area contributed by atoms with Gasteiger partial charge in [-0.3, -0.25) is 4.79 Å². The van der Waals surface area contributed by atoms with Crippen molar-refractivity contribution in [2.45, 2.75) is 19.4 Å². The van der Waals surface area contributed by atoms with Gasteiger partial charge in [-0.05, 0) is 32.0 Å². The number of likely N-dealkylation sites (N-methyl/N-ethyl adjacent to an activating group) is 1. The number of halogens is 1. The summed E-state index contributed by atoms with van der Waals surface area (Å²) in [5.74, 6) is -0.978. The Hall–Kier alpha value is -1.62. The highest BCUT2D eigenvalue weighted by Gasteiger charge is 2.27. The fourth-order valence-corrected chi connectivity index (χ4v) is 1.23. The molecule has 0 aliphatic rings. The zero-order chi connectivity index (χ0) is 13.2. The summed E-state index contributed by atoms with van der Waals surface area (Å²) in [4.78, 5) is 13.4. The highest BCUT2D eigenvalue weighted by atomic mass is 19.1. The van der Waals surface area contributed by atoms with E-state index in [9.17, 15) is 14.3 Å². The number of nitrogens with two attached hydrogens (primary N) is 1. The lowest BCUT2D eigenvalue weighted by Crippen LogP contribution is -2.47. The summed E-state index contributed by atoms with van der Waals surface area (Å²) in [5.41, 5.74) is 4.85. The number of nitrogens with zero attached hydrogens (tertiary/aromatic N) is 1. The molecular formula is C12H17FN2O2. The van der Waals surface area contributed by atoms with Crippen molar-refractivity contribution in [2.75, 3.05) is 19.4 Å². The first-order chi connectivity index (χ1) is 7.79. The second-order valence-electron chi connectivity index (χ2n) is 4.57. The zero-order valence-corrected chi connectivity index (χ0v) is 10.2. The second-order valence-corrected chi connectivity index (χ2v) is 4.57. The van der Waals surface area contributed by atoms with Crippen LogP contribution in [-0.2, 0) is 0 Å². The SMILES string of the molecule is CN(C(=O)c1ccc(N)c(F)c1)C(C)(C)CO. The quantitative estimate of drug-likeness (QED) is 0.781. The number of hydrogen-bond acceptors (Lipinski definition) is 3. The van der Waals surface area contributed by atoms with Gasteiger partial charge < -0.3 is 15.7 Å². The molecule has 1 aromatic rings. The summed E-state index contributed by atoms with van der Waals surface area (Å²) in [6.45, 7) is 3.27. The number of carbonyl (C=O) groups excluding carboxylic acids is 1. The molecule has 0 bridgehead atoms. The molecule has 0 fully saturated rings. The fraction of sp³-hybridized carbons (Fsp3) is 0.417. The lowest BCUT2D eigenvalue weighted by molar-refractivity contribution is 0.0473. The summed E-state index contributed by atoms with van der Waals surface area (Å²) in [6, 6.07) is 3.91. The minimum atomic E-state index is -0.699. The first-order valence-electron chi connectivity index (χ1n) is 5.23. The second kappa shape index (κ2) is 4.71. The Morgan fingerprint density at radius 1 is 1.53 bits per heavy atom. The molecule has 94 valence electrons. The molecule has 0 spiro atoms. The average Bonchev–Trinajstić information content (AvgIpc) is 2.30. The van der Waals surface area contributed by atoms with E-state index in [1.54, 1.807) is 20.9 Å². The number of anilines is 1. The number of nitrogen functional groups attached to an aromatic ring is 1. The van der Waals surface area contributed by atoms with Crippen LogP contribution in [0.4, 0.5) is 10.1 Å². The number of hydrogen-bond donors (Lipinski definition) is 2. The number of amides is 1. The van der Waals surface area contributed by atoms with Gasteiger partial charge in [0, 0.05) is 12.6 Å². The van der Waals surface area contributed by atoms with Gasteiger partial charge in [0.25, 0.3) is 5.91 Å². The van der Waals surface area contributed by atoms with Crippen LogP contribution >= 0.6 is 0 Å². The Balaban J connectivity index is 3.01. The summed E-state index contributed by atoms with van der Waals surface area (Å²) in [5, 5.41) is 9.17. The van der Waals surface area contributed by atoms with Gasteiger partial charge in [0.1, 0.15) is 5.82 Å². The standard InChI is InChI=1S/C12H17FN2O2/c1-12(2,7-16)15(3)11(17)8-4-5-10(14)9(13)6-8/h4-6,16H,7,14H2,1-3H3. The van der Waals surface area contributed by atoms with Crippen LogP contribution in [0.15, 0.2) is 18.2 Å². The van der Waals surface area contributed by atoms with Gasteiger partial charge in [0.2, 0.25) is 0 Å². The van der Waals surface area contributed by atoms with Crippen molar-refractivity contribution in [2.24, 2.45) is 0 Å². The number of benzene rings is 1. The molecule has 1 rings (SSSR count). The normalized spacial score (nSPS) is 11.4. The molecule has 0 atom stereocenters. The number of aliphatic hydroxyl groups is 1. The molecule has 3 N–H and O–H groups in total. The predicted octanol–water partition coefficient (Wildman–Crippen LogP) is 1.25. The van der Waals surface area contributed by atoms with E-state index < -0.39 is 11.4 Å². The molecule has 0 aliphatic heterocycles. The maximum absolute atomic E-state index is 13.2. The van der Waals surface area contributed by atoms with Crippen LogP contribution in [0.5, 0.6) is 0 Å². The van der Waals surface area contributed by atoms with Gasteiger partial charge in [-0.1, -0.05) is 0 Å². The summed E-state index contributed by atoms with van der Waals surface area (Å²) >= 11 is 0. The van der Waals surface area contributed by atoms with Gasteiger partial charge in [-0.25, -0.2) is 4.39 Å². The predicted molar refractivity (Wildman–Crippen MR) is 64.1 cm³/mol. The Morgan fingerprint density at radius 3 is 2.59 bits per heavy atom. The van der Waals surface area contributed by atoms with E-state index in [4.69, 9.17) is 5.73 Å². The van der Waals surface area contributed by atoms with Gasteiger partial charge in [-0.2, -0.15) is 0 Å². The first-order valence-corrected chi connectivity index (χ1v) is 5.23. The Bertz CT molecular complexity index is 433. The molecule has 0 aliphatic carbocycles. The van der Waals surface area contributed by atoms with E-state index in [2.05, 4.69) is 0 Å². The highest BCUT2D eigenvalue weighted by Crippen LogP contribution is 2.18. The molecule has 1 aromatic carbocycles. The van der Waals surface area contributed by atoms with Gasteiger partial charge >= 0.3 is 0 Å². The Kier molecular flexibility index (Phi) is 3.72. The third kappa shape index (κ3) is 2.74. The van der Waals surface area contributed by atoms with E-state index in [1.165, 1.54) is 17.0 Å². The van der Waals surface area contributed by atoms with Gasteiger partial charge in [0.05, 0.1) is 17.8 Å². The monoisotopic (exact) mass is 240 g/mol. The molecule has 0 unspecified atom stereocenters. The first kappa shape index (κ1) is 13.4. The largest absolute Gasteiger partial charge is 0.396 e. The van der Waals surface area contributed by atoms with Crippen molar-refractivity contribution in [1.82, 2.24) is 4.90 Å². The topological polar surface area (TPSA) is 66.6 Å². The van der Waals surface area contributed by atoms with Crippen molar-refractivity contribution in [3.8, 4) is 0 Å². The smallest absolute Gasteiger partial charge is 0.254 e. The van der Waals surface area contributed by atoms with Crippen LogP contribution in [0, 0.1) is 5.82 Å².